The normalized spacial score (nSPS) is 16.1. The van der Waals surface area contributed by atoms with Gasteiger partial charge in [-0.3, -0.25) is 4.79 Å². The van der Waals surface area contributed by atoms with Crippen molar-refractivity contribution < 1.29 is 9.53 Å². The van der Waals surface area contributed by atoms with E-state index in [0.29, 0.717) is 31.1 Å². The Bertz CT molecular complexity index is 1270. The van der Waals surface area contributed by atoms with Crippen LogP contribution in [0.3, 0.4) is 0 Å². The zero-order valence-corrected chi connectivity index (χ0v) is 19.6. The van der Waals surface area contributed by atoms with E-state index in [1.54, 1.807) is 0 Å². The number of anilines is 1. The summed E-state index contributed by atoms with van der Waals surface area (Å²) in [6, 6.07) is 23.3. The Morgan fingerprint density at radius 1 is 1.03 bits per heavy atom. The number of ether oxygens (including phenoxy) is 1. The second kappa shape index (κ2) is 8.96. The third kappa shape index (κ3) is 4.12. The topological polar surface area (TPSA) is 47.4 Å². The number of aromatic nitrogens is 2. The van der Waals surface area contributed by atoms with Crippen LogP contribution < -0.4 is 9.64 Å². The zero-order chi connectivity index (χ0) is 22.1. The molecule has 3 aromatic carbocycles. The van der Waals surface area contributed by atoms with Crippen molar-refractivity contribution in [3.63, 3.8) is 0 Å². The van der Waals surface area contributed by atoms with Crippen LogP contribution in [0.4, 0.5) is 5.69 Å². The summed E-state index contributed by atoms with van der Waals surface area (Å²) in [5.74, 6) is 1.82. The molecule has 0 bridgehead atoms. The van der Waals surface area contributed by atoms with Crippen LogP contribution >= 0.6 is 27.5 Å². The van der Waals surface area contributed by atoms with E-state index in [2.05, 4.69) is 26.6 Å². The standard InChI is InChI=1S/C25H21BrClN3O2/c26-20-5-1-3-7-22(20)30-16-17(15-24(30)31)25-28-21-6-2-4-8-23(21)29(25)13-14-32-19-11-9-18(27)10-12-19/h1-12,17H,13-16H2. The molecule has 5 rings (SSSR count). The van der Waals surface area contributed by atoms with Crippen LogP contribution in [0.1, 0.15) is 18.2 Å². The lowest BCUT2D eigenvalue weighted by Crippen LogP contribution is -2.25. The van der Waals surface area contributed by atoms with Gasteiger partial charge in [-0.1, -0.05) is 35.9 Å². The van der Waals surface area contributed by atoms with Crippen molar-refractivity contribution in [1.82, 2.24) is 9.55 Å². The summed E-state index contributed by atoms with van der Waals surface area (Å²) in [6.45, 7) is 1.73. The van der Waals surface area contributed by atoms with Gasteiger partial charge in [-0.05, 0) is 64.5 Å². The number of benzene rings is 3. The van der Waals surface area contributed by atoms with E-state index in [-0.39, 0.29) is 11.8 Å². The number of amides is 1. The molecule has 1 aliphatic rings. The van der Waals surface area contributed by atoms with Gasteiger partial charge >= 0.3 is 0 Å². The molecule has 1 aliphatic heterocycles. The Labute approximate surface area is 199 Å². The van der Waals surface area contributed by atoms with E-state index in [1.807, 2.05) is 71.6 Å². The molecule has 0 radical (unpaired) electrons. The Hall–Kier alpha value is -2.83. The number of fused-ring (bicyclic) bond motifs is 1. The average Bonchev–Trinajstić information content (AvgIpc) is 3.36. The number of hydrogen-bond donors (Lipinski definition) is 0. The third-order valence-electron chi connectivity index (χ3n) is 5.71. The number of carbonyl (C=O) groups excluding carboxylic acids is 1. The number of halogens is 2. The van der Waals surface area contributed by atoms with Crippen LogP contribution in [0.2, 0.25) is 5.02 Å². The van der Waals surface area contributed by atoms with Crippen molar-refractivity contribution in [3.05, 3.63) is 88.1 Å². The van der Waals surface area contributed by atoms with Gasteiger partial charge in [-0.2, -0.15) is 0 Å². The van der Waals surface area contributed by atoms with Crippen molar-refractivity contribution in [2.75, 3.05) is 18.1 Å². The first-order chi connectivity index (χ1) is 15.6. The molecule has 0 aliphatic carbocycles. The Kier molecular flexibility index (Phi) is 5.89. The first-order valence-electron chi connectivity index (χ1n) is 10.5. The number of para-hydroxylation sites is 3. The first kappa shape index (κ1) is 21.0. The zero-order valence-electron chi connectivity index (χ0n) is 17.2. The van der Waals surface area contributed by atoms with Gasteiger partial charge in [0.2, 0.25) is 5.91 Å². The maximum absolute atomic E-state index is 12.9. The van der Waals surface area contributed by atoms with E-state index in [4.69, 9.17) is 21.3 Å². The molecule has 1 saturated heterocycles. The number of nitrogens with zero attached hydrogens (tertiary/aromatic N) is 3. The van der Waals surface area contributed by atoms with E-state index in [0.717, 1.165) is 32.8 Å². The van der Waals surface area contributed by atoms with Crippen LogP contribution in [0.25, 0.3) is 11.0 Å². The molecular weight excluding hydrogens is 490 g/mol. The highest BCUT2D eigenvalue weighted by molar-refractivity contribution is 9.10. The maximum Gasteiger partial charge on any atom is 0.227 e. The van der Waals surface area contributed by atoms with Gasteiger partial charge in [0.1, 0.15) is 18.2 Å². The SMILES string of the molecule is O=C1CC(c2nc3ccccc3n2CCOc2ccc(Cl)cc2)CN1c1ccccc1Br. The van der Waals surface area contributed by atoms with E-state index in [9.17, 15) is 4.79 Å². The summed E-state index contributed by atoms with van der Waals surface area (Å²) >= 11 is 9.53. The fourth-order valence-corrected chi connectivity index (χ4v) is 4.84. The van der Waals surface area contributed by atoms with Gasteiger partial charge in [-0.25, -0.2) is 4.98 Å². The van der Waals surface area contributed by atoms with Gasteiger partial charge < -0.3 is 14.2 Å². The molecule has 0 saturated carbocycles. The summed E-state index contributed by atoms with van der Waals surface area (Å²) in [6.07, 6.45) is 0.433. The minimum atomic E-state index is 0.0116. The molecule has 5 nitrogen and oxygen atoms in total. The Balaban J connectivity index is 1.41. The molecule has 1 unspecified atom stereocenters. The lowest BCUT2D eigenvalue weighted by Gasteiger charge is -2.19. The molecule has 2 heterocycles. The molecule has 1 fully saturated rings. The molecule has 32 heavy (non-hydrogen) atoms. The summed E-state index contributed by atoms with van der Waals surface area (Å²) in [4.78, 5) is 19.7. The van der Waals surface area contributed by atoms with Crippen LogP contribution in [-0.2, 0) is 11.3 Å². The minimum absolute atomic E-state index is 0.0116. The van der Waals surface area contributed by atoms with E-state index >= 15 is 0 Å². The smallest absolute Gasteiger partial charge is 0.227 e. The molecule has 0 spiro atoms. The predicted octanol–water partition coefficient (Wildman–Crippen LogP) is 6.05. The summed E-state index contributed by atoms with van der Waals surface area (Å²) in [5.41, 5.74) is 2.88. The Morgan fingerprint density at radius 2 is 1.78 bits per heavy atom. The first-order valence-corrected chi connectivity index (χ1v) is 11.7. The lowest BCUT2D eigenvalue weighted by atomic mass is 10.1. The van der Waals surface area contributed by atoms with Crippen molar-refractivity contribution in [2.45, 2.75) is 18.9 Å². The highest BCUT2D eigenvalue weighted by Crippen LogP contribution is 2.36. The molecule has 162 valence electrons. The van der Waals surface area contributed by atoms with Crippen molar-refractivity contribution in [2.24, 2.45) is 0 Å². The molecule has 1 atom stereocenters. The van der Waals surface area contributed by atoms with Crippen LogP contribution in [0.15, 0.2) is 77.3 Å². The van der Waals surface area contributed by atoms with E-state index in [1.165, 1.54) is 0 Å². The highest BCUT2D eigenvalue weighted by Gasteiger charge is 2.35. The fourth-order valence-electron chi connectivity index (χ4n) is 4.21. The largest absolute Gasteiger partial charge is 0.492 e. The number of carbonyl (C=O) groups is 1. The average molecular weight is 511 g/mol. The molecule has 1 amide bonds. The highest BCUT2D eigenvalue weighted by atomic mass is 79.9. The quantitative estimate of drug-likeness (QED) is 0.317. The van der Waals surface area contributed by atoms with Gasteiger partial charge in [0, 0.05) is 28.4 Å². The summed E-state index contributed by atoms with van der Waals surface area (Å²) in [7, 11) is 0. The summed E-state index contributed by atoms with van der Waals surface area (Å²) < 4.78 is 9.04. The van der Waals surface area contributed by atoms with Gasteiger partial charge in [0.15, 0.2) is 0 Å². The fraction of sp³-hybridized carbons (Fsp3) is 0.200. The number of rotatable bonds is 6. The third-order valence-corrected chi connectivity index (χ3v) is 6.64. The Morgan fingerprint density at radius 3 is 2.59 bits per heavy atom. The van der Waals surface area contributed by atoms with E-state index < -0.39 is 0 Å². The van der Waals surface area contributed by atoms with Crippen molar-refractivity contribution >= 4 is 50.2 Å². The summed E-state index contributed by atoms with van der Waals surface area (Å²) in [5, 5.41) is 0.681. The lowest BCUT2D eigenvalue weighted by molar-refractivity contribution is -0.117. The number of imidazole rings is 1. The van der Waals surface area contributed by atoms with Gasteiger partial charge in [0.05, 0.1) is 23.3 Å². The predicted molar refractivity (Wildman–Crippen MR) is 131 cm³/mol. The van der Waals surface area contributed by atoms with Crippen molar-refractivity contribution in [1.29, 1.82) is 0 Å². The molecule has 7 heteroatoms. The van der Waals surface area contributed by atoms with Crippen LogP contribution in [0.5, 0.6) is 5.75 Å². The van der Waals surface area contributed by atoms with Crippen LogP contribution in [0, 0.1) is 0 Å². The second-order valence-corrected chi connectivity index (χ2v) is 9.06. The minimum Gasteiger partial charge on any atom is -0.492 e. The second-order valence-electron chi connectivity index (χ2n) is 7.77. The van der Waals surface area contributed by atoms with Crippen molar-refractivity contribution in [3.8, 4) is 5.75 Å². The molecule has 1 aromatic heterocycles. The monoisotopic (exact) mass is 509 g/mol. The molecule has 0 N–H and O–H groups in total. The van der Waals surface area contributed by atoms with Gasteiger partial charge in [-0.15, -0.1) is 0 Å². The number of hydrogen-bond acceptors (Lipinski definition) is 3. The molecule has 4 aromatic rings. The van der Waals surface area contributed by atoms with Gasteiger partial charge in [0.25, 0.3) is 0 Å². The van der Waals surface area contributed by atoms with Crippen LogP contribution in [-0.4, -0.2) is 28.6 Å². The maximum atomic E-state index is 12.9. The molecular formula is C25H21BrClN3O2.